The first-order chi connectivity index (χ1) is 17.6. The highest BCUT2D eigenvalue weighted by Gasteiger charge is 2.27. The number of nitrogens with zero attached hydrogens (tertiary/aromatic N) is 1. The normalized spacial score (nSPS) is 12.2. The molecule has 9 heteroatoms. The maximum Gasteiger partial charge on any atom is 0.247 e. The SMILES string of the molecule is Cc1cccc(O)c1-c1cc(Cl)c(F)c(CNC(=O)C(c2cc(Br)ccc2F)N(C)/C=C\C=C/C=O)c1. The van der Waals surface area contributed by atoms with Crippen LogP contribution in [0.4, 0.5) is 8.78 Å². The van der Waals surface area contributed by atoms with Crippen LogP contribution in [0, 0.1) is 18.6 Å². The van der Waals surface area contributed by atoms with E-state index in [0.717, 1.165) is 5.56 Å². The van der Waals surface area contributed by atoms with Crippen molar-refractivity contribution in [2.24, 2.45) is 0 Å². The van der Waals surface area contributed by atoms with Crippen LogP contribution in [0.1, 0.15) is 22.7 Å². The van der Waals surface area contributed by atoms with Crippen molar-refractivity contribution in [2.75, 3.05) is 7.05 Å². The number of phenolic OH excluding ortho intramolecular Hbond substituents is 1. The third-order valence-electron chi connectivity index (χ3n) is 5.63. The molecule has 0 heterocycles. The molecule has 0 spiro atoms. The van der Waals surface area contributed by atoms with Gasteiger partial charge in [0.15, 0.2) is 0 Å². The lowest BCUT2D eigenvalue weighted by Crippen LogP contribution is -2.37. The Morgan fingerprint density at radius 1 is 1.16 bits per heavy atom. The Kier molecular flexibility index (Phi) is 9.60. The van der Waals surface area contributed by atoms with Crippen molar-refractivity contribution in [3.05, 3.63) is 111 Å². The topological polar surface area (TPSA) is 69.6 Å². The molecule has 0 aliphatic carbocycles. The Bertz CT molecular complexity index is 1360. The summed E-state index contributed by atoms with van der Waals surface area (Å²) in [6.45, 7) is 1.57. The summed E-state index contributed by atoms with van der Waals surface area (Å²) in [4.78, 5) is 25.3. The third kappa shape index (κ3) is 6.84. The van der Waals surface area contributed by atoms with Crippen molar-refractivity contribution in [3.63, 3.8) is 0 Å². The van der Waals surface area contributed by atoms with Crippen LogP contribution in [-0.2, 0) is 16.1 Å². The maximum atomic E-state index is 14.9. The van der Waals surface area contributed by atoms with Crippen LogP contribution in [0.5, 0.6) is 5.75 Å². The van der Waals surface area contributed by atoms with Gasteiger partial charge in [-0.1, -0.05) is 45.7 Å². The molecule has 5 nitrogen and oxygen atoms in total. The minimum atomic E-state index is -1.11. The number of aryl methyl sites for hydroxylation is 1. The molecule has 0 saturated carbocycles. The lowest BCUT2D eigenvalue weighted by Gasteiger charge is -2.27. The van der Waals surface area contributed by atoms with Gasteiger partial charge in [-0.2, -0.15) is 0 Å². The summed E-state index contributed by atoms with van der Waals surface area (Å²) in [7, 11) is 1.58. The molecule has 0 saturated heterocycles. The van der Waals surface area contributed by atoms with Gasteiger partial charge >= 0.3 is 0 Å². The molecule has 3 rings (SSSR count). The highest BCUT2D eigenvalue weighted by molar-refractivity contribution is 9.10. The zero-order chi connectivity index (χ0) is 27.1. The number of phenols is 1. The summed E-state index contributed by atoms with van der Waals surface area (Å²) < 4.78 is 30.3. The van der Waals surface area contributed by atoms with E-state index in [9.17, 15) is 23.5 Å². The van der Waals surface area contributed by atoms with Crippen molar-refractivity contribution < 1.29 is 23.5 Å². The fraction of sp³-hybridized carbons (Fsp3) is 0.143. The maximum absolute atomic E-state index is 14.9. The second kappa shape index (κ2) is 12.7. The fourth-order valence-electron chi connectivity index (χ4n) is 3.88. The second-order valence-corrected chi connectivity index (χ2v) is 9.54. The molecule has 3 aromatic carbocycles. The molecule has 0 radical (unpaired) electrons. The van der Waals surface area contributed by atoms with Gasteiger partial charge in [-0.3, -0.25) is 9.59 Å². The summed E-state index contributed by atoms with van der Waals surface area (Å²) in [5.74, 6) is -1.89. The van der Waals surface area contributed by atoms with E-state index in [-0.39, 0.29) is 28.4 Å². The van der Waals surface area contributed by atoms with E-state index in [4.69, 9.17) is 11.6 Å². The first-order valence-corrected chi connectivity index (χ1v) is 12.3. The lowest BCUT2D eigenvalue weighted by molar-refractivity contribution is -0.125. The van der Waals surface area contributed by atoms with Crippen LogP contribution in [-0.4, -0.2) is 29.2 Å². The molecule has 1 atom stereocenters. The van der Waals surface area contributed by atoms with E-state index in [1.165, 1.54) is 65.7 Å². The number of carbonyl (C=O) groups is 2. The Labute approximate surface area is 227 Å². The zero-order valence-corrected chi connectivity index (χ0v) is 22.4. The van der Waals surface area contributed by atoms with Crippen molar-refractivity contribution >= 4 is 39.7 Å². The standard InChI is InChI=1S/C28H24BrClF2N2O3/c1-17-7-6-8-24(36)25(17)18-13-19(26(32)22(30)14-18)16-33-28(37)27(34(2)11-4-3-5-12-35)21-15-20(29)9-10-23(21)31/h3-15,27,36H,16H2,1-2H3,(H,33,37)/b5-3-,11-4-. The average molecular weight is 590 g/mol. The predicted molar refractivity (Wildman–Crippen MR) is 144 cm³/mol. The van der Waals surface area contributed by atoms with Crippen molar-refractivity contribution in [3.8, 4) is 16.9 Å². The monoisotopic (exact) mass is 588 g/mol. The van der Waals surface area contributed by atoms with E-state index < -0.39 is 23.6 Å². The number of allylic oxidation sites excluding steroid dienone is 3. The van der Waals surface area contributed by atoms with E-state index in [2.05, 4.69) is 21.2 Å². The van der Waals surface area contributed by atoms with Gasteiger partial charge in [0.05, 0.1) is 5.02 Å². The molecule has 1 unspecified atom stereocenters. The van der Waals surface area contributed by atoms with Gasteiger partial charge in [-0.15, -0.1) is 0 Å². The number of aldehydes is 1. The highest BCUT2D eigenvalue weighted by atomic mass is 79.9. The van der Waals surface area contributed by atoms with Crippen LogP contribution in [0.3, 0.4) is 0 Å². The van der Waals surface area contributed by atoms with Gasteiger partial charge in [0.1, 0.15) is 29.7 Å². The van der Waals surface area contributed by atoms with Crippen molar-refractivity contribution in [1.29, 1.82) is 0 Å². The van der Waals surface area contributed by atoms with Gasteiger partial charge < -0.3 is 15.3 Å². The number of likely N-dealkylation sites (N-methyl/N-ethyl adjacent to an activating group) is 1. The molecule has 3 aromatic rings. The Morgan fingerprint density at radius 2 is 1.92 bits per heavy atom. The minimum absolute atomic E-state index is 0.0138. The van der Waals surface area contributed by atoms with Crippen LogP contribution < -0.4 is 5.32 Å². The molecule has 37 heavy (non-hydrogen) atoms. The van der Waals surface area contributed by atoms with Gasteiger partial charge in [0.25, 0.3) is 0 Å². The molecule has 1 amide bonds. The number of carbonyl (C=O) groups excluding carboxylic acids is 2. The van der Waals surface area contributed by atoms with Crippen molar-refractivity contribution in [2.45, 2.75) is 19.5 Å². The predicted octanol–water partition coefficient (Wildman–Crippen LogP) is 6.62. The van der Waals surface area contributed by atoms with Crippen LogP contribution in [0.2, 0.25) is 5.02 Å². The van der Waals surface area contributed by atoms with E-state index >= 15 is 0 Å². The molecule has 0 aliphatic rings. The van der Waals surface area contributed by atoms with Crippen LogP contribution >= 0.6 is 27.5 Å². The lowest BCUT2D eigenvalue weighted by atomic mass is 9.97. The number of nitrogens with one attached hydrogen (secondary N) is 1. The number of benzene rings is 3. The molecule has 0 bridgehead atoms. The van der Waals surface area contributed by atoms with E-state index in [1.54, 1.807) is 26.1 Å². The van der Waals surface area contributed by atoms with Gasteiger partial charge in [0, 0.05) is 34.8 Å². The van der Waals surface area contributed by atoms with Gasteiger partial charge in [-0.05, 0) is 72.8 Å². The summed E-state index contributed by atoms with van der Waals surface area (Å²) in [6, 6.07) is 11.1. The molecule has 192 valence electrons. The summed E-state index contributed by atoms with van der Waals surface area (Å²) in [5, 5.41) is 12.9. The molecule has 0 aliphatic heterocycles. The fourth-order valence-corrected chi connectivity index (χ4v) is 4.49. The van der Waals surface area contributed by atoms with E-state index in [1.807, 2.05) is 0 Å². The summed E-state index contributed by atoms with van der Waals surface area (Å²) in [6.07, 6.45) is 6.39. The average Bonchev–Trinajstić information content (AvgIpc) is 2.85. The Morgan fingerprint density at radius 3 is 2.62 bits per heavy atom. The van der Waals surface area contributed by atoms with Crippen LogP contribution in [0.15, 0.2) is 77.4 Å². The number of aromatic hydroxyl groups is 1. The van der Waals surface area contributed by atoms with E-state index in [0.29, 0.717) is 21.9 Å². The number of rotatable bonds is 9. The van der Waals surface area contributed by atoms with Gasteiger partial charge in [0.2, 0.25) is 5.91 Å². The van der Waals surface area contributed by atoms with Gasteiger partial charge in [-0.25, -0.2) is 8.78 Å². The molecule has 2 N–H and O–H groups in total. The number of amides is 1. The summed E-state index contributed by atoms with van der Waals surface area (Å²) >= 11 is 9.45. The largest absolute Gasteiger partial charge is 0.507 e. The number of hydrogen-bond donors (Lipinski definition) is 2. The quantitative estimate of drug-likeness (QED) is 0.167. The molecule has 0 aromatic heterocycles. The van der Waals surface area contributed by atoms with Crippen LogP contribution in [0.25, 0.3) is 11.1 Å². The Balaban J connectivity index is 1.94. The Hall–Kier alpha value is -3.49. The molecular weight excluding hydrogens is 566 g/mol. The third-order valence-corrected chi connectivity index (χ3v) is 6.39. The molecule has 0 fully saturated rings. The second-order valence-electron chi connectivity index (χ2n) is 8.21. The van der Waals surface area contributed by atoms with Crippen molar-refractivity contribution in [1.82, 2.24) is 10.2 Å². The first-order valence-electron chi connectivity index (χ1n) is 11.1. The highest BCUT2D eigenvalue weighted by Crippen LogP contribution is 2.35. The number of halogens is 4. The zero-order valence-electron chi connectivity index (χ0n) is 20.0. The smallest absolute Gasteiger partial charge is 0.247 e. The number of hydrogen-bond acceptors (Lipinski definition) is 4. The first kappa shape index (κ1) is 28.1. The molecular formula is C28H24BrClF2N2O3. The summed E-state index contributed by atoms with van der Waals surface area (Å²) in [5.41, 5.74) is 1.94. The minimum Gasteiger partial charge on any atom is -0.507 e.